The molecule has 4 aromatic rings. The van der Waals surface area contributed by atoms with Crippen molar-refractivity contribution in [3.63, 3.8) is 0 Å². The first-order chi connectivity index (χ1) is 29.6. The molecule has 10 heteroatoms. The Kier molecular flexibility index (Phi) is 24.9. The van der Waals surface area contributed by atoms with Gasteiger partial charge in [-0.25, -0.2) is 0 Å². The monoisotopic (exact) mass is 872 g/mol. The van der Waals surface area contributed by atoms with E-state index in [1.165, 1.54) is 51.4 Å². The molecule has 0 radical (unpaired) electrons. The summed E-state index contributed by atoms with van der Waals surface area (Å²) >= 11 is 11.8. The first kappa shape index (κ1) is 49.6. The average Bonchev–Trinajstić information content (AvgIpc) is 3.26. The summed E-state index contributed by atoms with van der Waals surface area (Å²) in [5.74, 6) is 5.12. The van der Waals surface area contributed by atoms with Crippen LogP contribution in [0.4, 0.5) is 0 Å². The van der Waals surface area contributed by atoms with Gasteiger partial charge in [-0.15, -0.1) is 23.2 Å². The van der Waals surface area contributed by atoms with E-state index in [1.807, 2.05) is 0 Å². The van der Waals surface area contributed by atoms with Crippen LogP contribution < -0.4 is 28.4 Å². The van der Waals surface area contributed by atoms with Gasteiger partial charge < -0.3 is 37.9 Å². The van der Waals surface area contributed by atoms with Gasteiger partial charge in [0.25, 0.3) is 0 Å². The fraction of sp³-hybridized carbons (Fsp3) is 0.640. The zero-order chi connectivity index (χ0) is 42.6. The Labute approximate surface area is 371 Å². The highest BCUT2D eigenvalue weighted by Crippen LogP contribution is 2.47. The van der Waals surface area contributed by atoms with Crippen molar-refractivity contribution in [1.82, 2.24) is 0 Å². The molecular weight excluding hydrogens is 799 g/mol. The molecule has 0 fully saturated rings. The number of benzene rings is 4. The molecule has 0 amide bonds. The van der Waals surface area contributed by atoms with E-state index in [-0.39, 0.29) is 0 Å². The Morgan fingerprint density at radius 2 is 0.517 bits per heavy atom. The molecule has 4 rings (SSSR count). The lowest BCUT2D eigenvalue weighted by molar-refractivity contribution is 0.101. The molecule has 0 aromatic heterocycles. The Morgan fingerprint density at radius 3 is 0.733 bits per heavy atom. The molecule has 0 unspecified atom stereocenters. The predicted octanol–water partition coefficient (Wildman–Crippen LogP) is 14.3. The highest BCUT2D eigenvalue weighted by atomic mass is 35.5. The van der Waals surface area contributed by atoms with Gasteiger partial charge in [-0.3, -0.25) is 0 Å². The highest BCUT2D eigenvalue weighted by molar-refractivity contribution is 6.27. The van der Waals surface area contributed by atoms with Gasteiger partial charge in [0, 0.05) is 11.8 Å². The second-order valence-electron chi connectivity index (χ2n) is 15.5. The lowest BCUT2D eigenvalue weighted by atomic mass is 9.93. The lowest BCUT2D eigenvalue weighted by Gasteiger charge is -2.21. The van der Waals surface area contributed by atoms with E-state index in [0.29, 0.717) is 89.3 Å². The predicted molar refractivity (Wildman–Crippen MR) is 252 cm³/mol. The Balaban J connectivity index is 1.95. The van der Waals surface area contributed by atoms with Crippen molar-refractivity contribution in [2.75, 3.05) is 77.8 Å². The van der Waals surface area contributed by atoms with Crippen LogP contribution in [-0.4, -0.2) is 77.8 Å². The third kappa shape index (κ3) is 16.3. The lowest BCUT2D eigenvalue weighted by Crippen LogP contribution is -2.11. The molecule has 0 N–H and O–H groups in total. The van der Waals surface area contributed by atoms with Crippen molar-refractivity contribution in [2.45, 2.75) is 130 Å². The minimum atomic E-state index is 0.337. The molecule has 0 saturated heterocycles. The fourth-order valence-corrected chi connectivity index (χ4v) is 7.49. The fourth-order valence-electron chi connectivity index (χ4n) is 7.27. The molecule has 0 saturated carbocycles. The number of fused-ring (bicyclic) bond motifs is 6. The zero-order valence-electron chi connectivity index (χ0n) is 37.3. The molecule has 0 atom stereocenters. The van der Waals surface area contributed by atoms with Crippen LogP contribution >= 0.6 is 23.2 Å². The molecule has 0 aliphatic heterocycles. The van der Waals surface area contributed by atoms with Gasteiger partial charge >= 0.3 is 0 Å². The third-order valence-electron chi connectivity index (χ3n) is 10.6. The Hall–Kier alpha value is -3.04. The number of halogens is 2. The molecule has 8 nitrogen and oxygen atoms in total. The van der Waals surface area contributed by atoms with Crippen LogP contribution in [0.25, 0.3) is 32.3 Å². The van der Waals surface area contributed by atoms with E-state index in [0.717, 1.165) is 107 Å². The van der Waals surface area contributed by atoms with Crippen LogP contribution in [0.2, 0.25) is 0 Å². The smallest absolute Gasteiger partial charge is 0.161 e. The van der Waals surface area contributed by atoms with Crippen molar-refractivity contribution in [3.8, 4) is 34.5 Å². The maximum absolute atomic E-state index is 6.60. The molecule has 0 spiro atoms. The summed E-state index contributed by atoms with van der Waals surface area (Å²) in [4.78, 5) is 0. The van der Waals surface area contributed by atoms with Gasteiger partial charge in [-0.2, -0.15) is 0 Å². The topological polar surface area (TPSA) is 73.8 Å². The van der Waals surface area contributed by atoms with E-state index >= 15 is 0 Å². The molecule has 4 aromatic carbocycles. The summed E-state index contributed by atoms with van der Waals surface area (Å²) in [6.45, 7) is 13.8. The van der Waals surface area contributed by atoms with Crippen LogP contribution in [0.3, 0.4) is 0 Å². The van der Waals surface area contributed by atoms with Crippen LogP contribution in [0.1, 0.15) is 130 Å². The second kappa shape index (κ2) is 30.1. The van der Waals surface area contributed by atoms with Gasteiger partial charge in [-0.05, 0) is 94.4 Å². The van der Waals surface area contributed by atoms with Gasteiger partial charge in [0.1, 0.15) is 13.2 Å². The van der Waals surface area contributed by atoms with Crippen molar-refractivity contribution in [1.29, 1.82) is 0 Å². The largest absolute Gasteiger partial charge is 0.490 e. The van der Waals surface area contributed by atoms with Crippen LogP contribution in [0.15, 0.2) is 36.4 Å². The van der Waals surface area contributed by atoms with E-state index in [2.05, 4.69) is 64.1 Å². The number of unbranched alkanes of at least 4 members (excludes halogenated alkanes) is 12. The summed E-state index contributed by atoms with van der Waals surface area (Å²) in [7, 11) is 0. The molecule has 0 heterocycles. The maximum atomic E-state index is 6.60. The van der Waals surface area contributed by atoms with Crippen molar-refractivity contribution in [2.24, 2.45) is 0 Å². The summed E-state index contributed by atoms with van der Waals surface area (Å²) in [6, 6.07) is 12.9. The number of rotatable bonds is 36. The maximum Gasteiger partial charge on any atom is 0.161 e. The van der Waals surface area contributed by atoms with Crippen molar-refractivity contribution >= 4 is 55.5 Å². The molecule has 336 valence electrons. The molecule has 60 heavy (non-hydrogen) atoms. The van der Waals surface area contributed by atoms with Crippen LogP contribution in [0.5, 0.6) is 34.5 Å². The molecule has 0 bridgehead atoms. The number of ether oxygens (including phenoxy) is 8. The minimum absolute atomic E-state index is 0.337. The Bertz CT molecular complexity index is 1420. The first-order valence-corrected chi connectivity index (χ1v) is 24.3. The SMILES string of the molecule is CCCCCCOc1cc2c3cc(OCCCCCC)c(OCCCCCC)cc3c3cc(OCCOCCCl)c(OCCOCCCl)cc3c2cc1OCCCCCC. The average molecular weight is 874 g/mol. The highest BCUT2D eigenvalue weighted by Gasteiger charge is 2.21. The number of alkyl halides is 2. The van der Waals surface area contributed by atoms with Gasteiger partial charge in [0.2, 0.25) is 0 Å². The minimum Gasteiger partial charge on any atom is -0.490 e. The number of hydrogen-bond donors (Lipinski definition) is 0. The molecule has 0 aliphatic carbocycles. The standard InChI is InChI=1S/C50H74Cl2O8/c1-5-9-13-17-23-55-45-33-39-40-34-46(56-24-18-14-10-6-2)48(58-26-20-16-12-8-4)36-42(40)44-38-50(60-32-30-54-28-22-52)49(59-31-29-53-27-21-51)37-43(44)41(39)35-47(45)57-25-19-15-11-7-3/h33-38H,5-32H2,1-4H3. The summed E-state index contributed by atoms with van der Waals surface area (Å²) in [5, 5.41) is 6.16. The second-order valence-corrected chi connectivity index (χ2v) is 16.2. The normalized spacial score (nSPS) is 11.5. The van der Waals surface area contributed by atoms with E-state index in [4.69, 9.17) is 61.1 Å². The van der Waals surface area contributed by atoms with Crippen LogP contribution in [-0.2, 0) is 9.47 Å². The van der Waals surface area contributed by atoms with E-state index < -0.39 is 0 Å². The van der Waals surface area contributed by atoms with Crippen molar-refractivity contribution in [3.05, 3.63) is 36.4 Å². The third-order valence-corrected chi connectivity index (χ3v) is 10.9. The van der Waals surface area contributed by atoms with Crippen molar-refractivity contribution < 1.29 is 37.9 Å². The van der Waals surface area contributed by atoms with Gasteiger partial charge in [0.15, 0.2) is 34.5 Å². The van der Waals surface area contributed by atoms with Crippen LogP contribution in [0, 0.1) is 0 Å². The zero-order valence-corrected chi connectivity index (χ0v) is 38.8. The molecule has 0 aliphatic rings. The quantitative estimate of drug-likeness (QED) is 0.0254. The van der Waals surface area contributed by atoms with E-state index in [1.54, 1.807) is 0 Å². The summed E-state index contributed by atoms with van der Waals surface area (Å²) in [5.41, 5.74) is 0. The van der Waals surface area contributed by atoms with E-state index in [9.17, 15) is 0 Å². The van der Waals surface area contributed by atoms with Gasteiger partial charge in [0.05, 0.1) is 52.9 Å². The Morgan fingerprint density at radius 1 is 0.283 bits per heavy atom. The summed E-state index contributed by atoms with van der Waals surface area (Å²) < 4.78 is 50.6. The van der Waals surface area contributed by atoms with Gasteiger partial charge in [-0.1, -0.05) is 105 Å². The summed E-state index contributed by atoms with van der Waals surface area (Å²) in [6.07, 6.45) is 17.9. The number of hydrogen-bond acceptors (Lipinski definition) is 8. The molecular formula is C50H74Cl2O8. The first-order valence-electron chi connectivity index (χ1n) is 23.2.